The summed E-state index contributed by atoms with van der Waals surface area (Å²) in [5, 5.41) is 0. The van der Waals surface area contributed by atoms with E-state index in [0.29, 0.717) is 17.7 Å². The molecule has 0 aromatic heterocycles. The van der Waals surface area contributed by atoms with E-state index in [4.69, 9.17) is 0 Å². The molecule has 2 amide bonds. The summed E-state index contributed by atoms with van der Waals surface area (Å²) >= 11 is 0. The number of amides is 2. The number of fused-ring (bicyclic) bond motifs is 6. The Hall–Kier alpha value is -2.34. The fourth-order valence-corrected chi connectivity index (χ4v) is 5.55. The van der Waals surface area contributed by atoms with Gasteiger partial charge in [-0.05, 0) is 19.4 Å². The lowest BCUT2D eigenvalue weighted by atomic mass is 9.76. The molecule has 3 heterocycles. The van der Waals surface area contributed by atoms with Gasteiger partial charge in [-0.25, -0.2) is 0 Å². The van der Waals surface area contributed by atoms with E-state index in [9.17, 15) is 19.2 Å². The molecule has 4 aliphatic rings. The van der Waals surface area contributed by atoms with Crippen LogP contribution in [0.15, 0.2) is 24.3 Å². The van der Waals surface area contributed by atoms with E-state index in [1.807, 2.05) is 4.90 Å². The number of hydrogen-bond acceptors (Lipinski definition) is 5. The van der Waals surface area contributed by atoms with Crippen molar-refractivity contribution in [2.24, 2.45) is 11.8 Å². The van der Waals surface area contributed by atoms with Gasteiger partial charge in [-0.2, -0.15) is 0 Å². The predicted octanol–water partition coefficient (Wildman–Crippen LogP) is 0.903. The zero-order valence-corrected chi connectivity index (χ0v) is 13.9. The maximum absolute atomic E-state index is 13.4. The van der Waals surface area contributed by atoms with Crippen molar-refractivity contribution in [3.8, 4) is 0 Å². The van der Waals surface area contributed by atoms with Gasteiger partial charge in [0.2, 0.25) is 11.8 Å². The van der Waals surface area contributed by atoms with Crippen LogP contribution in [-0.4, -0.2) is 58.4 Å². The number of rotatable bonds is 0. The van der Waals surface area contributed by atoms with E-state index in [2.05, 4.69) is 0 Å². The molecule has 0 N–H and O–H groups in total. The third kappa shape index (κ3) is 1.46. The molecule has 1 aromatic carbocycles. The van der Waals surface area contributed by atoms with Crippen LogP contribution in [0.5, 0.6) is 0 Å². The van der Waals surface area contributed by atoms with Gasteiger partial charge in [-0.1, -0.05) is 30.7 Å². The lowest BCUT2D eigenvalue weighted by Gasteiger charge is -2.40. The summed E-state index contributed by atoms with van der Waals surface area (Å²) in [6, 6.07) is 6.57. The van der Waals surface area contributed by atoms with Crippen molar-refractivity contribution in [3.63, 3.8) is 0 Å². The zero-order valence-electron chi connectivity index (χ0n) is 13.9. The van der Waals surface area contributed by atoms with E-state index < -0.39 is 17.4 Å². The maximum atomic E-state index is 13.4. The molecular weight excluding hydrogens is 320 g/mol. The van der Waals surface area contributed by atoms with Gasteiger partial charge in [0, 0.05) is 24.2 Å². The number of carbonyl (C=O) groups excluding carboxylic acids is 4. The van der Waals surface area contributed by atoms with Crippen LogP contribution in [0.2, 0.25) is 0 Å². The Morgan fingerprint density at radius 2 is 1.60 bits per heavy atom. The lowest BCUT2D eigenvalue weighted by molar-refractivity contribution is -0.140. The van der Waals surface area contributed by atoms with Gasteiger partial charge < -0.3 is 0 Å². The van der Waals surface area contributed by atoms with Crippen LogP contribution in [-0.2, 0) is 9.59 Å². The quantitative estimate of drug-likeness (QED) is 0.519. The van der Waals surface area contributed by atoms with E-state index in [0.717, 1.165) is 24.2 Å². The van der Waals surface area contributed by atoms with Crippen LogP contribution in [0, 0.1) is 11.8 Å². The Morgan fingerprint density at radius 1 is 0.960 bits per heavy atom. The fourth-order valence-electron chi connectivity index (χ4n) is 5.55. The number of carbonyl (C=O) groups is 4. The van der Waals surface area contributed by atoms with E-state index in [1.165, 1.54) is 7.05 Å². The first-order chi connectivity index (χ1) is 12.0. The second-order valence-electron chi connectivity index (χ2n) is 7.47. The number of Topliss-reactive ketones (excluding diaryl/α,β-unsaturated/α-hetero) is 2. The van der Waals surface area contributed by atoms with Crippen molar-refractivity contribution in [1.82, 2.24) is 9.80 Å². The van der Waals surface area contributed by atoms with Gasteiger partial charge in [0.05, 0.1) is 11.8 Å². The van der Waals surface area contributed by atoms with Crippen LogP contribution in [0.3, 0.4) is 0 Å². The average Bonchev–Trinajstić information content (AvgIpc) is 3.16. The summed E-state index contributed by atoms with van der Waals surface area (Å²) in [7, 11) is 1.46. The van der Waals surface area contributed by atoms with Crippen LogP contribution < -0.4 is 0 Å². The summed E-state index contributed by atoms with van der Waals surface area (Å²) in [5.41, 5.74) is -0.753. The highest BCUT2D eigenvalue weighted by atomic mass is 16.2. The molecule has 0 radical (unpaired) electrons. The van der Waals surface area contributed by atoms with Crippen molar-refractivity contribution >= 4 is 23.4 Å². The molecule has 6 heteroatoms. The number of piperidine rings is 1. The monoisotopic (exact) mass is 338 g/mol. The molecule has 0 saturated carbocycles. The molecule has 0 bridgehead atoms. The number of ketones is 2. The third-order valence-corrected chi connectivity index (χ3v) is 6.55. The van der Waals surface area contributed by atoms with E-state index >= 15 is 0 Å². The Kier molecular flexibility index (Phi) is 2.77. The second kappa shape index (κ2) is 4.64. The number of benzene rings is 1. The van der Waals surface area contributed by atoms with Gasteiger partial charge >= 0.3 is 0 Å². The number of imide groups is 1. The lowest BCUT2D eigenvalue weighted by Crippen LogP contribution is -2.61. The van der Waals surface area contributed by atoms with Crippen molar-refractivity contribution in [2.75, 3.05) is 13.6 Å². The van der Waals surface area contributed by atoms with Crippen LogP contribution in [0.1, 0.15) is 40.0 Å². The minimum absolute atomic E-state index is 0.206. The minimum Gasteiger partial charge on any atom is -0.291 e. The SMILES string of the molecule is CN1C(=O)[C@H]2[C@@H](C1=O)C1(C(=O)c3ccccc3C1=O)N1CCCC[C@@H]21. The van der Waals surface area contributed by atoms with Gasteiger partial charge in [-0.3, -0.25) is 29.0 Å². The molecule has 5 rings (SSSR count). The topological polar surface area (TPSA) is 74.8 Å². The predicted molar refractivity (Wildman–Crippen MR) is 86.9 cm³/mol. The van der Waals surface area contributed by atoms with Crippen LogP contribution in [0.4, 0.5) is 0 Å². The summed E-state index contributed by atoms with van der Waals surface area (Å²) in [4.78, 5) is 55.6. The number of likely N-dealkylation sites (tertiary alicyclic amines) is 1. The highest BCUT2D eigenvalue weighted by Gasteiger charge is 2.75. The van der Waals surface area contributed by atoms with Gasteiger partial charge in [-0.15, -0.1) is 0 Å². The molecule has 3 aliphatic heterocycles. The van der Waals surface area contributed by atoms with Crippen molar-refractivity contribution in [3.05, 3.63) is 35.4 Å². The Balaban J connectivity index is 1.78. The summed E-state index contributed by atoms with van der Waals surface area (Å²) in [5.74, 6) is -2.72. The Morgan fingerprint density at radius 3 is 2.24 bits per heavy atom. The molecule has 6 nitrogen and oxygen atoms in total. The average molecular weight is 338 g/mol. The highest BCUT2D eigenvalue weighted by molar-refractivity contribution is 6.35. The van der Waals surface area contributed by atoms with Crippen molar-refractivity contribution < 1.29 is 19.2 Å². The van der Waals surface area contributed by atoms with E-state index in [-0.39, 0.29) is 29.4 Å². The number of nitrogens with zero attached hydrogens (tertiary/aromatic N) is 2. The normalized spacial score (nSPS) is 33.2. The molecular formula is C19H18N2O4. The first kappa shape index (κ1) is 15.0. The fraction of sp³-hybridized carbons (Fsp3) is 0.474. The second-order valence-corrected chi connectivity index (χ2v) is 7.47. The standard InChI is InChI=1S/C19H18N2O4/c1-20-17(24)13-12-8-4-5-9-21(12)19(14(13)18(20)25)15(22)10-6-2-3-7-11(10)16(19)23/h2-3,6-7,12-14H,4-5,8-9H2,1H3/t12-,13+,14-/m0/s1. The molecule has 128 valence electrons. The van der Waals surface area contributed by atoms with E-state index in [1.54, 1.807) is 24.3 Å². The molecule has 1 aromatic rings. The minimum atomic E-state index is -1.52. The van der Waals surface area contributed by atoms with Crippen LogP contribution in [0.25, 0.3) is 0 Å². The first-order valence-corrected chi connectivity index (χ1v) is 8.78. The van der Waals surface area contributed by atoms with Gasteiger partial charge in [0.15, 0.2) is 17.1 Å². The zero-order chi connectivity index (χ0) is 17.5. The van der Waals surface area contributed by atoms with Crippen molar-refractivity contribution in [1.29, 1.82) is 0 Å². The Labute approximate surface area is 144 Å². The summed E-state index contributed by atoms with van der Waals surface area (Å²) < 4.78 is 0. The molecule has 3 atom stereocenters. The molecule has 3 saturated heterocycles. The summed E-state index contributed by atoms with van der Waals surface area (Å²) in [6.45, 7) is 0.577. The maximum Gasteiger partial charge on any atom is 0.235 e. The first-order valence-electron chi connectivity index (χ1n) is 8.78. The van der Waals surface area contributed by atoms with Crippen molar-refractivity contribution in [2.45, 2.75) is 30.8 Å². The Bertz CT molecular complexity index is 826. The molecule has 3 fully saturated rings. The number of hydrogen-bond donors (Lipinski definition) is 0. The molecule has 1 spiro atoms. The third-order valence-electron chi connectivity index (χ3n) is 6.55. The highest BCUT2D eigenvalue weighted by Crippen LogP contribution is 2.55. The molecule has 25 heavy (non-hydrogen) atoms. The van der Waals surface area contributed by atoms with Gasteiger partial charge in [0.25, 0.3) is 0 Å². The van der Waals surface area contributed by atoms with Crippen LogP contribution >= 0.6 is 0 Å². The smallest absolute Gasteiger partial charge is 0.235 e. The summed E-state index contributed by atoms with van der Waals surface area (Å²) in [6.07, 6.45) is 2.56. The largest absolute Gasteiger partial charge is 0.291 e. The van der Waals surface area contributed by atoms with Gasteiger partial charge in [0.1, 0.15) is 0 Å². The molecule has 1 aliphatic carbocycles. The molecule has 0 unspecified atom stereocenters.